The van der Waals surface area contributed by atoms with Crippen molar-refractivity contribution in [3.63, 3.8) is 0 Å². The Kier molecular flexibility index (Phi) is 5.02. The van der Waals surface area contributed by atoms with E-state index in [1.807, 2.05) is 61.5 Å². The quantitative estimate of drug-likeness (QED) is 0.496. The maximum absolute atomic E-state index is 12.9. The maximum atomic E-state index is 12.9. The van der Waals surface area contributed by atoms with Crippen molar-refractivity contribution in [2.75, 3.05) is 5.32 Å². The van der Waals surface area contributed by atoms with Crippen LogP contribution in [0.2, 0.25) is 0 Å². The molecule has 0 bridgehead atoms. The van der Waals surface area contributed by atoms with Crippen molar-refractivity contribution in [3.05, 3.63) is 70.6 Å². The van der Waals surface area contributed by atoms with Gasteiger partial charge in [-0.25, -0.2) is 9.67 Å². The molecule has 0 aliphatic rings. The van der Waals surface area contributed by atoms with E-state index in [0.717, 1.165) is 16.7 Å². The van der Waals surface area contributed by atoms with Crippen molar-refractivity contribution in [1.82, 2.24) is 19.3 Å². The first-order chi connectivity index (χ1) is 14.0. The van der Waals surface area contributed by atoms with E-state index in [1.54, 1.807) is 23.3 Å². The van der Waals surface area contributed by atoms with Crippen LogP contribution < -0.4 is 10.9 Å². The number of carbonyl (C=O) groups excluding carboxylic acids is 1. The molecule has 148 valence electrons. The fourth-order valence-corrected chi connectivity index (χ4v) is 3.96. The lowest BCUT2D eigenvalue weighted by atomic mass is 10.3. The standard InChI is InChI=1S/C21H21N5O2S/c1-13-18(20(28)26(25(13)3)15-9-5-4-6-10-15)24-19(27)14(2)29-21-22-16-11-7-8-12-17(16)23-21/h4-12,14H,1-3H3,(H,22,23)(H,24,27)/t14-/m0/s1. The molecule has 7 nitrogen and oxygen atoms in total. The van der Waals surface area contributed by atoms with E-state index in [9.17, 15) is 9.59 Å². The molecule has 0 aliphatic carbocycles. The van der Waals surface area contributed by atoms with Gasteiger partial charge in [-0.05, 0) is 38.1 Å². The minimum atomic E-state index is -0.431. The Morgan fingerprint density at radius 3 is 2.55 bits per heavy atom. The second-order valence-corrected chi connectivity index (χ2v) is 8.07. The molecule has 2 aromatic heterocycles. The van der Waals surface area contributed by atoms with Gasteiger partial charge in [0, 0.05) is 7.05 Å². The van der Waals surface area contributed by atoms with Gasteiger partial charge in [0.15, 0.2) is 5.16 Å². The molecule has 4 rings (SSSR count). The first kappa shape index (κ1) is 19.1. The minimum Gasteiger partial charge on any atom is -0.333 e. The van der Waals surface area contributed by atoms with Gasteiger partial charge in [-0.2, -0.15) is 0 Å². The van der Waals surface area contributed by atoms with Gasteiger partial charge in [0.25, 0.3) is 5.56 Å². The fraction of sp³-hybridized carbons (Fsp3) is 0.190. The Hall–Kier alpha value is -3.26. The molecular formula is C21H21N5O2S. The molecule has 2 heterocycles. The van der Waals surface area contributed by atoms with Crippen LogP contribution in [-0.2, 0) is 11.8 Å². The van der Waals surface area contributed by atoms with E-state index < -0.39 is 5.25 Å². The van der Waals surface area contributed by atoms with Gasteiger partial charge < -0.3 is 10.3 Å². The smallest absolute Gasteiger partial charge is 0.295 e. The highest BCUT2D eigenvalue weighted by atomic mass is 32.2. The highest BCUT2D eigenvalue weighted by Gasteiger charge is 2.22. The number of amides is 1. The zero-order valence-corrected chi connectivity index (χ0v) is 17.2. The highest BCUT2D eigenvalue weighted by molar-refractivity contribution is 8.00. The van der Waals surface area contributed by atoms with Crippen LogP contribution in [0.3, 0.4) is 0 Å². The number of rotatable bonds is 5. The summed E-state index contributed by atoms with van der Waals surface area (Å²) in [6.07, 6.45) is 0. The summed E-state index contributed by atoms with van der Waals surface area (Å²) < 4.78 is 3.28. The number of hydrogen-bond acceptors (Lipinski definition) is 4. The van der Waals surface area contributed by atoms with Crippen LogP contribution in [0.25, 0.3) is 16.7 Å². The average Bonchev–Trinajstić information content (AvgIpc) is 3.22. The third-order valence-electron chi connectivity index (χ3n) is 4.83. The number of anilines is 1. The Balaban J connectivity index is 1.55. The maximum Gasteiger partial charge on any atom is 0.295 e. The molecule has 1 amide bonds. The summed E-state index contributed by atoms with van der Waals surface area (Å²) in [7, 11) is 1.80. The second kappa shape index (κ2) is 7.63. The lowest BCUT2D eigenvalue weighted by molar-refractivity contribution is -0.115. The molecule has 1 atom stereocenters. The van der Waals surface area contributed by atoms with Crippen molar-refractivity contribution >= 4 is 34.4 Å². The van der Waals surface area contributed by atoms with Crippen molar-refractivity contribution in [2.45, 2.75) is 24.3 Å². The third-order valence-corrected chi connectivity index (χ3v) is 5.81. The number of aromatic amines is 1. The number of fused-ring (bicyclic) bond motifs is 1. The van der Waals surface area contributed by atoms with Gasteiger partial charge in [-0.15, -0.1) is 0 Å². The van der Waals surface area contributed by atoms with Gasteiger partial charge in [0.1, 0.15) is 5.69 Å². The molecule has 8 heteroatoms. The fourth-order valence-electron chi connectivity index (χ4n) is 3.14. The van der Waals surface area contributed by atoms with Crippen LogP contribution in [0.4, 0.5) is 5.69 Å². The molecule has 0 saturated heterocycles. The SMILES string of the molecule is Cc1c(NC(=O)[C@H](C)Sc2nc3ccccc3[nH]2)c(=O)n(-c2ccccc2)n1C. The monoisotopic (exact) mass is 407 g/mol. The number of thioether (sulfide) groups is 1. The van der Waals surface area contributed by atoms with Crippen LogP contribution in [0, 0.1) is 6.92 Å². The normalized spacial score (nSPS) is 12.2. The predicted octanol–water partition coefficient (Wildman–Crippen LogP) is 3.48. The number of aromatic nitrogens is 4. The summed E-state index contributed by atoms with van der Waals surface area (Å²) in [5.74, 6) is -0.249. The summed E-state index contributed by atoms with van der Waals surface area (Å²) >= 11 is 1.32. The number of para-hydroxylation sites is 3. The van der Waals surface area contributed by atoms with Gasteiger partial charge >= 0.3 is 0 Å². The van der Waals surface area contributed by atoms with E-state index in [0.29, 0.717) is 16.5 Å². The average molecular weight is 407 g/mol. The third kappa shape index (κ3) is 3.58. The molecule has 2 aromatic carbocycles. The van der Waals surface area contributed by atoms with Crippen molar-refractivity contribution in [2.24, 2.45) is 7.05 Å². The van der Waals surface area contributed by atoms with Crippen LogP contribution in [0.15, 0.2) is 64.5 Å². The molecule has 0 saturated carbocycles. The van der Waals surface area contributed by atoms with Crippen molar-refractivity contribution in [3.8, 4) is 5.69 Å². The Bertz CT molecular complexity index is 1210. The molecular weight excluding hydrogens is 386 g/mol. The molecule has 29 heavy (non-hydrogen) atoms. The number of imidazole rings is 1. The summed E-state index contributed by atoms with van der Waals surface area (Å²) in [6, 6.07) is 17.0. The van der Waals surface area contributed by atoms with Crippen LogP contribution in [0.5, 0.6) is 0 Å². The van der Waals surface area contributed by atoms with E-state index in [-0.39, 0.29) is 11.5 Å². The van der Waals surface area contributed by atoms with Crippen LogP contribution in [-0.4, -0.2) is 30.5 Å². The van der Waals surface area contributed by atoms with E-state index in [1.165, 1.54) is 11.8 Å². The summed E-state index contributed by atoms with van der Waals surface area (Å²) in [5.41, 5.74) is 3.24. The molecule has 0 aliphatic heterocycles. The lowest BCUT2D eigenvalue weighted by Crippen LogP contribution is -2.27. The zero-order valence-electron chi connectivity index (χ0n) is 16.3. The molecule has 2 N–H and O–H groups in total. The molecule has 4 aromatic rings. The van der Waals surface area contributed by atoms with Gasteiger partial charge in [-0.1, -0.05) is 42.1 Å². The first-order valence-electron chi connectivity index (χ1n) is 9.22. The zero-order chi connectivity index (χ0) is 20.5. The summed E-state index contributed by atoms with van der Waals surface area (Å²) in [4.78, 5) is 33.4. The van der Waals surface area contributed by atoms with E-state index in [4.69, 9.17) is 0 Å². The van der Waals surface area contributed by atoms with Crippen LogP contribution >= 0.6 is 11.8 Å². The predicted molar refractivity (Wildman–Crippen MR) is 116 cm³/mol. The molecule has 0 fully saturated rings. The lowest BCUT2D eigenvalue weighted by Gasteiger charge is -2.09. The van der Waals surface area contributed by atoms with E-state index >= 15 is 0 Å². The van der Waals surface area contributed by atoms with Gasteiger partial charge in [0.2, 0.25) is 5.91 Å². The van der Waals surface area contributed by atoms with Crippen LogP contribution in [0.1, 0.15) is 12.6 Å². The number of nitrogens with one attached hydrogen (secondary N) is 2. The first-order valence-corrected chi connectivity index (χ1v) is 10.1. The highest BCUT2D eigenvalue weighted by Crippen LogP contribution is 2.24. The van der Waals surface area contributed by atoms with Gasteiger partial charge in [0.05, 0.1) is 27.7 Å². The molecule has 0 unspecified atom stereocenters. The van der Waals surface area contributed by atoms with Crippen molar-refractivity contribution in [1.29, 1.82) is 0 Å². The molecule has 0 radical (unpaired) electrons. The Morgan fingerprint density at radius 2 is 1.83 bits per heavy atom. The number of H-pyrrole nitrogens is 1. The number of benzene rings is 2. The summed E-state index contributed by atoms with van der Waals surface area (Å²) in [6.45, 7) is 3.61. The number of nitrogens with zero attached hydrogens (tertiary/aromatic N) is 3. The Morgan fingerprint density at radius 1 is 1.14 bits per heavy atom. The topological polar surface area (TPSA) is 84.7 Å². The Labute approximate surface area is 171 Å². The number of hydrogen-bond donors (Lipinski definition) is 2. The van der Waals surface area contributed by atoms with E-state index in [2.05, 4.69) is 15.3 Å². The van der Waals surface area contributed by atoms with Crippen molar-refractivity contribution < 1.29 is 4.79 Å². The minimum absolute atomic E-state index is 0.249. The number of carbonyl (C=O) groups is 1. The molecule has 0 spiro atoms. The largest absolute Gasteiger partial charge is 0.333 e. The summed E-state index contributed by atoms with van der Waals surface area (Å²) in [5, 5.41) is 3.04. The second-order valence-electron chi connectivity index (χ2n) is 6.74. The van der Waals surface area contributed by atoms with Gasteiger partial charge in [-0.3, -0.25) is 14.3 Å².